The second kappa shape index (κ2) is 5.28. The molecule has 23 heavy (non-hydrogen) atoms. The van der Waals surface area contributed by atoms with Gasteiger partial charge in [-0.25, -0.2) is 4.68 Å². The van der Waals surface area contributed by atoms with E-state index in [1.54, 1.807) is 0 Å². The first-order valence-corrected chi connectivity index (χ1v) is 7.10. The van der Waals surface area contributed by atoms with Crippen LogP contribution in [0, 0.1) is 11.3 Å². The molecule has 0 spiro atoms. The Bertz CT molecular complexity index is 957. The summed E-state index contributed by atoms with van der Waals surface area (Å²) in [5.41, 5.74) is -0.355. The molecule has 0 unspecified atom stereocenters. The molecule has 0 aliphatic heterocycles. The van der Waals surface area contributed by atoms with Crippen LogP contribution in [0.3, 0.4) is 0 Å². The molecule has 0 saturated carbocycles. The Morgan fingerprint density at radius 1 is 1.22 bits per heavy atom. The molecular formula is C15H7BrF3N3O. The van der Waals surface area contributed by atoms with E-state index in [4.69, 9.17) is 5.26 Å². The third-order valence-corrected chi connectivity index (χ3v) is 3.93. The molecule has 2 aromatic carbocycles. The van der Waals surface area contributed by atoms with E-state index in [0.717, 1.165) is 4.68 Å². The number of rotatable bonds is 1. The number of hydrogen-bond acceptors (Lipinski definition) is 3. The zero-order valence-corrected chi connectivity index (χ0v) is 12.9. The number of phenolic OH excluding ortho intramolecular Hbond substituents is 1. The highest BCUT2D eigenvalue weighted by molar-refractivity contribution is 9.10. The third-order valence-electron chi connectivity index (χ3n) is 3.27. The molecule has 3 rings (SSSR count). The van der Waals surface area contributed by atoms with Gasteiger partial charge in [-0.05, 0) is 46.3 Å². The van der Waals surface area contributed by atoms with E-state index in [1.165, 1.54) is 36.4 Å². The Labute approximate surface area is 136 Å². The first-order chi connectivity index (χ1) is 10.8. The van der Waals surface area contributed by atoms with Crippen molar-refractivity contribution < 1.29 is 18.3 Å². The maximum atomic E-state index is 13.2. The Kier molecular flexibility index (Phi) is 3.53. The lowest BCUT2D eigenvalue weighted by atomic mass is 10.1. The molecule has 0 saturated heterocycles. The van der Waals surface area contributed by atoms with Crippen LogP contribution in [0.1, 0.15) is 11.3 Å². The van der Waals surface area contributed by atoms with Crippen molar-refractivity contribution in [3.8, 4) is 17.5 Å². The van der Waals surface area contributed by atoms with Crippen molar-refractivity contribution in [2.75, 3.05) is 0 Å². The molecule has 0 aliphatic rings. The van der Waals surface area contributed by atoms with Crippen LogP contribution in [0.15, 0.2) is 40.9 Å². The molecule has 1 N–H and O–H groups in total. The second-order valence-corrected chi connectivity index (χ2v) is 5.56. The molecule has 0 fully saturated rings. The first kappa shape index (κ1) is 15.4. The number of aromatic hydroxyl groups is 1. The molecule has 0 amide bonds. The predicted octanol–water partition coefficient (Wildman–Crippen LogP) is 4.38. The fourth-order valence-corrected chi connectivity index (χ4v) is 2.73. The molecule has 3 aromatic rings. The maximum Gasteiger partial charge on any atom is 0.435 e. The van der Waals surface area contributed by atoms with E-state index in [2.05, 4.69) is 21.0 Å². The molecule has 8 heteroatoms. The highest BCUT2D eigenvalue weighted by atomic mass is 79.9. The number of nitriles is 1. The van der Waals surface area contributed by atoms with Gasteiger partial charge in [-0.1, -0.05) is 6.07 Å². The van der Waals surface area contributed by atoms with Gasteiger partial charge in [-0.2, -0.15) is 23.5 Å². The molecule has 0 atom stereocenters. The molecule has 1 aromatic heterocycles. The van der Waals surface area contributed by atoms with Crippen molar-refractivity contribution in [2.24, 2.45) is 0 Å². The quantitative estimate of drug-likeness (QED) is 0.680. The summed E-state index contributed by atoms with van der Waals surface area (Å²) in [5, 5.41) is 22.0. The number of alkyl halides is 3. The second-order valence-electron chi connectivity index (χ2n) is 4.71. The summed E-state index contributed by atoms with van der Waals surface area (Å²) in [6, 6.07) is 10.5. The van der Waals surface area contributed by atoms with Gasteiger partial charge in [0.15, 0.2) is 5.69 Å². The van der Waals surface area contributed by atoms with Crippen molar-refractivity contribution in [2.45, 2.75) is 6.18 Å². The first-order valence-electron chi connectivity index (χ1n) is 6.31. The monoisotopic (exact) mass is 381 g/mol. The Balaban J connectivity index is 2.33. The van der Waals surface area contributed by atoms with E-state index < -0.39 is 17.6 Å². The van der Waals surface area contributed by atoms with Crippen molar-refractivity contribution >= 4 is 26.8 Å². The molecule has 0 aliphatic carbocycles. The minimum absolute atomic E-state index is 0.119. The molecule has 0 radical (unpaired) electrons. The molecular weight excluding hydrogens is 375 g/mol. The van der Waals surface area contributed by atoms with Gasteiger partial charge in [0.25, 0.3) is 0 Å². The molecule has 116 valence electrons. The zero-order chi connectivity index (χ0) is 16.8. The number of nitrogens with zero attached hydrogens (tertiary/aromatic N) is 3. The number of phenols is 1. The van der Waals surface area contributed by atoms with E-state index >= 15 is 0 Å². The van der Waals surface area contributed by atoms with Gasteiger partial charge in [0.2, 0.25) is 0 Å². The number of fused-ring (bicyclic) bond motifs is 1. The van der Waals surface area contributed by atoms with Crippen LogP contribution in [0.2, 0.25) is 0 Å². The maximum absolute atomic E-state index is 13.2. The summed E-state index contributed by atoms with van der Waals surface area (Å²) in [4.78, 5) is 0. The Morgan fingerprint density at radius 2 is 1.96 bits per heavy atom. The van der Waals surface area contributed by atoms with Crippen LogP contribution in [0.5, 0.6) is 5.75 Å². The summed E-state index contributed by atoms with van der Waals surface area (Å²) < 4.78 is 41.1. The highest BCUT2D eigenvalue weighted by Crippen LogP contribution is 2.39. The van der Waals surface area contributed by atoms with Crippen molar-refractivity contribution in [3.05, 3.63) is 52.1 Å². The third kappa shape index (κ3) is 2.53. The topological polar surface area (TPSA) is 61.8 Å². The molecule has 4 nitrogen and oxygen atoms in total. The van der Waals surface area contributed by atoms with E-state index in [-0.39, 0.29) is 10.9 Å². The fraction of sp³-hybridized carbons (Fsp3) is 0.0667. The smallest absolute Gasteiger partial charge is 0.435 e. The van der Waals surface area contributed by atoms with Gasteiger partial charge >= 0.3 is 6.18 Å². The summed E-state index contributed by atoms with van der Waals surface area (Å²) in [6.07, 6.45) is -4.70. The highest BCUT2D eigenvalue weighted by Gasteiger charge is 2.38. The molecule has 1 heterocycles. The average Bonchev–Trinajstić information content (AvgIpc) is 2.88. The standard InChI is InChI=1S/C15H7BrF3N3O/c16-10-6-9(5-4-8(10)7-20)22-11-2-1-3-12(23)13(11)14(21-22)15(17,18)19/h1-6,23H. The SMILES string of the molecule is N#Cc1ccc(-n2nc(C(F)(F)F)c3c(O)cccc32)cc1Br. The largest absolute Gasteiger partial charge is 0.507 e. The summed E-state index contributed by atoms with van der Waals surface area (Å²) in [6.45, 7) is 0. The zero-order valence-electron chi connectivity index (χ0n) is 11.3. The van der Waals surface area contributed by atoms with Crippen LogP contribution < -0.4 is 0 Å². The minimum Gasteiger partial charge on any atom is -0.507 e. The number of halogens is 4. The van der Waals surface area contributed by atoms with Crippen LogP contribution in [0.25, 0.3) is 16.6 Å². The minimum atomic E-state index is -4.70. The number of hydrogen-bond donors (Lipinski definition) is 1. The summed E-state index contributed by atoms with van der Waals surface area (Å²) >= 11 is 3.19. The van der Waals surface area contributed by atoms with E-state index in [9.17, 15) is 18.3 Å². The Hall–Kier alpha value is -2.53. The summed E-state index contributed by atoms with van der Waals surface area (Å²) in [7, 11) is 0. The lowest BCUT2D eigenvalue weighted by Crippen LogP contribution is -2.07. The van der Waals surface area contributed by atoms with E-state index in [0.29, 0.717) is 15.7 Å². The summed E-state index contributed by atoms with van der Waals surface area (Å²) in [5.74, 6) is -0.492. The van der Waals surface area contributed by atoms with Crippen LogP contribution in [0.4, 0.5) is 13.2 Å². The van der Waals surface area contributed by atoms with Crippen LogP contribution >= 0.6 is 15.9 Å². The van der Waals surface area contributed by atoms with Crippen molar-refractivity contribution in [1.29, 1.82) is 5.26 Å². The molecule has 0 bridgehead atoms. The van der Waals surface area contributed by atoms with Crippen molar-refractivity contribution in [1.82, 2.24) is 9.78 Å². The van der Waals surface area contributed by atoms with Gasteiger partial charge in [0, 0.05) is 4.47 Å². The van der Waals surface area contributed by atoms with E-state index in [1.807, 2.05) is 6.07 Å². The average molecular weight is 382 g/mol. The van der Waals surface area contributed by atoms with Crippen LogP contribution in [-0.4, -0.2) is 14.9 Å². The number of aromatic nitrogens is 2. The van der Waals surface area contributed by atoms with Gasteiger partial charge in [0.05, 0.1) is 22.2 Å². The van der Waals surface area contributed by atoms with Gasteiger partial charge in [-0.3, -0.25) is 0 Å². The lowest BCUT2D eigenvalue weighted by Gasteiger charge is -2.05. The normalized spacial score (nSPS) is 11.6. The number of benzene rings is 2. The lowest BCUT2D eigenvalue weighted by molar-refractivity contribution is -0.140. The van der Waals surface area contributed by atoms with Gasteiger partial charge < -0.3 is 5.11 Å². The van der Waals surface area contributed by atoms with Gasteiger partial charge in [-0.15, -0.1) is 0 Å². The van der Waals surface area contributed by atoms with Crippen molar-refractivity contribution in [3.63, 3.8) is 0 Å². The Morgan fingerprint density at radius 3 is 2.57 bits per heavy atom. The fourth-order valence-electron chi connectivity index (χ4n) is 2.27. The van der Waals surface area contributed by atoms with Gasteiger partial charge in [0.1, 0.15) is 11.8 Å². The van der Waals surface area contributed by atoms with Crippen LogP contribution in [-0.2, 0) is 6.18 Å². The predicted molar refractivity (Wildman–Crippen MR) is 80.2 cm³/mol.